The Morgan fingerprint density at radius 1 is 0.774 bits per heavy atom. The highest BCUT2D eigenvalue weighted by Crippen LogP contribution is 2.17. The lowest BCUT2D eigenvalue weighted by atomic mass is 9.94. The maximum Gasteiger partial charge on any atom is 0.356 e. The van der Waals surface area contributed by atoms with E-state index in [0.29, 0.717) is 6.42 Å². The van der Waals surface area contributed by atoms with Crippen LogP contribution >= 0.6 is 0 Å². The molecular formula is C24H44O7. The van der Waals surface area contributed by atoms with Crippen molar-refractivity contribution in [2.24, 2.45) is 0 Å². The zero-order valence-corrected chi connectivity index (χ0v) is 19.6. The Hall–Kier alpha value is -1.31. The number of aliphatic hydroxyl groups excluding tert-OH is 2. The first-order valence-electron chi connectivity index (χ1n) is 12.1. The quantitative estimate of drug-likeness (QED) is 0.147. The lowest BCUT2D eigenvalue weighted by molar-refractivity contribution is -0.183. The molecular weight excluding hydrogens is 400 g/mol. The van der Waals surface area contributed by atoms with Crippen molar-refractivity contribution in [2.75, 3.05) is 6.61 Å². The predicted octanol–water partition coefficient (Wildman–Crippen LogP) is 3.99. The summed E-state index contributed by atoms with van der Waals surface area (Å²) < 4.78 is 4.26. The van der Waals surface area contributed by atoms with E-state index in [0.717, 1.165) is 26.2 Å². The van der Waals surface area contributed by atoms with Crippen molar-refractivity contribution in [3.05, 3.63) is 0 Å². The third-order valence-corrected chi connectivity index (χ3v) is 5.57. The monoisotopic (exact) mass is 444 g/mol. The topological polar surface area (TPSA) is 121 Å². The molecule has 0 aliphatic rings. The van der Waals surface area contributed by atoms with Crippen molar-refractivity contribution < 1.29 is 34.4 Å². The van der Waals surface area contributed by atoms with E-state index in [1.807, 2.05) is 0 Å². The highest BCUT2D eigenvalue weighted by atomic mass is 16.6. The number of hydrogen-bond donors (Lipinski definition) is 3. The van der Waals surface area contributed by atoms with Crippen molar-refractivity contribution in [1.29, 1.82) is 0 Å². The first kappa shape index (κ1) is 29.7. The van der Waals surface area contributed by atoms with Crippen LogP contribution in [0.1, 0.15) is 117 Å². The van der Waals surface area contributed by atoms with Gasteiger partial charge in [0.1, 0.15) is 6.10 Å². The smallest absolute Gasteiger partial charge is 0.356 e. The summed E-state index contributed by atoms with van der Waals surface area (Å²) in [6.45, 7) is 2.16. The Morgan fingerprint density at radius 2 is 1.16 bits per heavy atom. The van der Waals surface area contributed by atoms with Crippen LogP contribution in [-0.2, 0) is 19.1 Å². The molecule has 2 unspecified atom stereocenters. The van der Waals surface area contributed by atoms with E-state index >= 15 is 0 Å². The van der Waals surface area contributed by atoms with Gasteiger partial charge >= 0.3 is 11.9 Å². The van der Waals surface area contributed by atoms with Crippen LogP contribution in [0.3, 0.4) is 0 Å². The fraction of sp³-hybridized carbons (Fsp3) is 0.875. The van der Waals surface area contributed by atoms with Crippen molar-refractivity contribution in [3.63, 3.8) is 0 Å². The fourth-order valence-electron chi connectivity index (χ4n) is 3.39. The van der Waals surface area contributed by atoms with Crippen LogP contribution in [0.15, 0.2) is 0 Å². The van der Waals surface area contributed by atoms with E-state index < -0.39 is 36.0 Å². The van der Waals surface area contributed by atoms with Gasteiger partial charge in [0, 0.05) is 6.42 Å². The molecule has 182 valence electrons. The summed E-state index contributed by atoms with van der Waals surface area (Å²) in [7, 11) is 0. The van der Waals surface area contributed by atoms with Gasteiger partial charge in [0.2, 0.25) is 5.60 Å². The van der Waals surface area contributed by atoms with Crippen molar-refractivity contribution in [2.45, 2.75) is 128 Å². The molecule has 0 fully saturated rings. The Bertz CT molecular complexity index is 504. The number of esters is 2. The summed E-state index contributed by atoms with van der Waals surface area (Å²) >= 11 is 0. The fourth-order valence-corrected chi connectivity index (χ4v) is 3.39. The minimum atomic E-state index is -2.76. The summed E-state index contributed by atoms with van der Waals surface area (Å²) in [6, 6.07) is 0. The molecule has 0 bridgehead atoms. The molecule has 0 heterocycles. The number of carbonyl (C=O) groups excluding carboxylic acids is 3. The Balaban J connectivity index is 3.77. The normalized spacial score (nSPS) is 14.1. The molecule has 7 heteroatoms. The molecule has 0 aliphatic heterocycles. The van der Waals surface area contributed by atoms with E-state index in [9.17, 15) is 24.6 Å². The highest BCUT2D eigenvalue weighted by Gasteiger charge is 2.45. The summed E-state index contributed by atoms with van der Waals surface area (Å²) in [6.07, 6.45) is 16.0. The van der Waals surface area contributed by atoms with Gasteiger partial charge in [0.25, 0.3) is 0 Å². The van der Waals surface area contributed by atoms with Crippen molar-refractivity contribution >= 4 is 17.7 Å². The third-order valence-electron chi connectivity index (χ3n) is 5.57. The maximum atomic E-state index is 12.1. The number of carbonyl (C=O) groups is 3. The molecule has 0 spiro atoms. The number of rotatable bonds is 20. The molecule has 7 nitrogen and oxygen atoms in total. The Kier molecular flexibility index (Phi) is 17.5. The van der Waals surface area contributed by atoms with Gasteiger partial charge in [0.05, 0.1) is 6.61 Å². The van der Waals surface area contributed by atoms with Crippen LogP contribution in [0.25, 0.3) is 0 Å². The molecule has 0 saturated carbocycles. The number of aliphatic hydroxyl groups is 3. The number of unbranched alkanes of at least 4 members (excludes halogenated alkanes) is 14. The average Bonchev–Trinajstić information content (AvgIpc) is 2.75. The van der Waals surface area contributed by atoms with Crippen LogP contribution in [-0.4, -0.2) is 51.4 Å². The van der Waals surface area contributed by atoms with Gasteiger partial charge in [0.15, 0.2) is 5.78 Å². The van der Waals surface area contributed by atoms with Crippen LogP contribution < -0.4 is 0 Å². The predicted molar refractivity (Wildman–Crippen MR) is 119 cm³/mol. The number of ether oxygens (including phenoxy) is 1. The molecule has 0 saturated heterocycles. The molecule has 0 aromatic rings. The minimum absolute atomic E-state index is 0.0900. The number of hydrogen-bond acceptors (Lipinski definition) is 7. The van der Waals surface area contributed by atoms with E-state index in [1.165, 1.54) is 70.6 Å². The molecule has 0 aromatic heterocycles. The highest BCUT2D eigenvalue weighted by molar-refractivity contribution is 6.09. The van der Waals surface area contributed by atoms with Crippen molar-refractivity contribution in [1.82, 2.24) is 0 Å². The molecule has 0 amide bonds. The molecule has 31 heavy (non-hydrogen) atoms. The summed E-state index contributed by atoms with van der Waals surface area (Å²) in [5.41, 5.74) is -2.76. The summed E-state index contributed by atoms with van der Waals surface area (Å²) in [4.78, 5) is 35.2. The van der Waals surface area contributed by atoms with Gasteiger partial charge < -0.3 is 20.1 Å². The third kappa shape index (κ3) is 13.7. The van der Waals surface area contributed by atoms with Crippen LogP contribution in [0.2, 0.25) is 0 Å². The molecule has 0 rings (SSSR count). The van der Waals surface area contributed by atoms with E-state index in [-0.39, 0.29) is 6.42 Å². The van der Waals surface area contributed by atoms with Crippen LogP contribution in [0.5, 0.6) is 0 Å². The van der Waals surface area contributed by atoms with Gasteiger partial charge in [-0.05, 0) is 13.3 Å². The number of Topliss-reactive ketones (excluding diaryl/α,β-unsaturated/α-hetero) is 1. The van der Waals surface area contributed by atoms with Crippen LogP contribution in [0, 0.1) is 0 Å². The lowest BCUT2D eigenvalue weighted by Crippen LogP contribution is -2.52. The molecule has 0 aliphatic carbocycles. The van der Waals surface area contributed by atoms with Gasteiger partial charge in [-0.2, -0.15) is 0 Å². The Morgan fingerprint density at radius 3 is 1.52 bits per heavy atom. The van der Waals surface area contributed by atoms with Gasteiger partial charge in [-0.15, -0.1) is 0 Å². The number of ketones is 1. The minimum Gasteiger partial charge on any atom is -0.392 e. The first-order chi connectivity index (χ1) is 14.8. The second-order valence-corrected chi connectivity index (χ2v) is 8.53. The average molecular weight is 445 g/mol. The molecule has 3 N–H and O–H groups in total. The maximum absolute atomic E-state index is 12.1. The van der Waals surface area contributed by atoms with E-state index in [1.54, 1.807) is 0 Å². The molecule has 0 radical (unpaired) electrons. The Labute approximate surface area is 187 Å². The van der Waals surface area contributed by atoms with Crippen LogP contribution in [0.4, 0.5) is 0 Å². The van der Waals surface area contributed by atoms with Gasteiger partial charge in [-0.25, -0.2) is 9.59 Å². The summed E-state index contributed by atoms with van der Waals surface area (Å²) in [5, 5.41) is 28.4. The second-order valence-electron chi connectivity index (χ2n) is 8.53. The zero-order valence-electron chi connectivity index (χ0n) is 19.6. The van der Waals surface area contributed by atoms with Gasteiger partial charge in [-0.1, -0.05) is 96.8 Å². The first-order valence-corrected chi connectivity index (χ1v) is 12.1. The SMILES string of the molecule is CCCCCCCCCCCCCCCCCC(=O)C(O)(CO)C(=O)OC(=O)C(C)O. The van der Waals surface area contributed by atoms with Crippen molar-refractivity contribution in [3.8, 4) is 0 Å². The van der Waals surface area contributed by atoms with E-state index in [2.05, 4.69) is 11.7 Å². The molecule has 2 atom stereocenters. The lowest BCUT2D eigenvalue weighted by Gasteiger charge is -2.21. The molecule has 0 aromatic carbocycles. The zero-order chi connectivity index (χ0) is 23.5. The van der Waals surface area contributed by atoms with E-state index in [4.69, 9.17) is 5.11 Å². The second kappa shape index (κ2) is 18.3. The van der Waals surface area contributed by atoms with Gasteiger partial charge in [-0.3, -0.25) is 4.79 Å². The standard InChI is InChI=1S/C24H44O7/c1-3-4-5-6-7-8-9-10-11-12-13-14-15-16-17-18-21(27)24(30,19-25)23(29)31-22(28)20(2)26/h20,25-26,30H,3-19H2,1-2H3. The summed E-state index contributed by atoms with van der Waals surface area (Å²) in [5.74, 6) is -3.71. The largest absolute Gasteiger partial charge is 0.392 e.